The number of unbranched alkanes of at least 4 members (excludes halogenated alkanes) is 45. The second-order valence-electron chi connectivity index (χ2n) is 21.4. The quantitative estimate of drug-likeness (QED) is 0.0321. The summed E-state index contributed by atoms with van der Waals surface area (Å²) in [7, 11) is 0. The highest BCUT2D eigenvalue weighted by molar-refractivity contribution is 5.76. The van der Waals surface area contributed by atoms with Gasteiger partial charge in [-0.25, -0.2) is 0 Å². The van der Waals surface area contributed by atoms with Crippen LogP contribution in [-0.2, 0) is 14.3 Å². The van der Waals surface area contributed by atoms with Crippen LogP contribution in [0.2, 0.25) is 0 Å². The number of hydrogen-bond donors (Lipinski definition) is 3. The zero-order valence-corrected chi connectivity index (χ0v) is 46.1. The highest BCUT2D eigenvalue weighted by Crippen LogP contribution is 2.18. The molecule has 0 aromatic heterocycles. The largest absolute Gasteiger partial charge is 0.466 e. The summed E-state index contributed by atoms with van der Waals surface area (Å²) in [5.74, 6) is -0.0464. The Kier molecular flexibility index (Phi) is 57.0. The third-order valence-corrected chi connectivity index (χ3v) is 14.6. The van der Waals surface area contributed by atoms with Gasteiger partial charge in [-0.1, -0.05) is 296 Å². The molecule has 6 heteroatoms. The van der Waals surface area contributed by atoms with Crippen molar-refractivity contribution < 1.29 is 24.5 Å². The molecule has 2 atom stereocenters. The average molecular weight is 961 g/mol. The first-order valence-corrected chi connectivity index (χ1v) is 30.9. The maximum absolute atomic E-state index is 12.5. The molecule has 6 nitrogen and oxygen atoms in total. The predicted octanol–water partition coefficient (Wildman–Crippen LogP) is 19.2. The van der Waals surface area contributed by atoms with Gasteiger partial charge in [0.05, 0.1) is 25.4 Å². The fourth-order valence-corrected chi connectivity index (χ4v) is 9.81. The molecule has 0 aromatic rings. The summed E-state index contributed by atoms with van der Waals surface area (Å²) >= 11 is 0. The lowest BCUT2D eigenvalue weighted by atomic mass is 10.0. The van der Waals surface area contributed by atoms with Crippen LogP contribution in [0.4, 0.5) is 0 Å². The number of allylic oxidation sites excluding steroid dienone is 2. The van der Waals surface area contributed by atoms with E-state index >= 15 is 0 Å². The predicted molar refractivity (Wildman–Crippen MR) is 297 cm³/mol. The number of aliphatic hydroxyl groups is 2. The first-order valence-electron chi connectivity index (χ1n) is 30.9. The molecule has 0 heterocycles. The summed E-state index contributed by atoms with van der Waals surface area (Å²) in [4.78, 5) is 24.6. The van der Waals surface area contributed by atoms with Crippen molar-refractivity contribution in [1.82, 2.24) is 5.32 Å². The third kappa shape index (κ3) is 53.9. The lowest BCUT2D eigenvalue weighted by molar-refractivity contribution is -0.143. The molecule has 0 saturated carbocycles. The number of hydrogen-bond acceptors (Lipinski definition) is 5. The Bertz CT molecular complexity index is 1020. The number of carbonyl (C=O) groups excluding carboxylic acids is 2. The fourth-order valence-electron chi connectivity index (χ4n) is 9.81. The number of nitrogens with one attached hydrogen (secondary N) is 1. The monoisotopic (exact) mass is 960 g/mol. The van der Waals surface area contributed by atoms with E-state index < -0.39 is 12.1 Å². The van der Waals surface area contributed by atoms with Gasteiger partial charge in [-0.15, -0.1) is 0 Å². The van der Waals surface area contributed by atoms with Gasteiger partial charge in [-0.3, -0.25) is 9.59 Å². The minimum absolute atomic E-state index is 0.00670. The van der Waals surface area contributed by atoms with Gasteiger partial charge in [0.1, 0.15) is 0 Å². The Hall–Kier alpha value is -1.40. The minimum Gasteiger partial charge on any atom is -0.466 e. The number of rotatable bonds is 58. The van der Waals surface area contributed by atoms with Gasteiger partial charge >= 0.3 is 5.97 Å². The van der Waals surface area contributed by atoms with Gasteiger partial charge in [-0.2, -0.15) is 0 Å². The number of aliphatic hydroxyl groups excluding tert-OH is 2. The Morgan fingerprint density at radius 3 is 1.04 bits per heavy atom. The molecular formula is C62H121NO5. The number of ether oxygens (including phenoxy) is 1. The summed E-state index contributed by atoms with van der Waals surface area (Å²) in [6, 6.07) is -0.549. The zero-order chi connectivity index (χ0) is 49.3. The van der Waals surface area contributed by atoms with E-state index in [1.54, 1.807) is 0 Å². The van der Waals surface area contributed by atoms with E-state index in [9.17, 15) is 19.8 Å². The lowest BCUT2D eigenvalue weighted by Crippen LogP contribution is -2.45. The maximum Gasteiger partial charge on any atom is 0.305 e. The average Bonchev–Trinajstić information content (AvgIpc) is 3.34. The van der Waals surface area contributed by atoms with Crippen molar-refractivity contribution in [3.8, 4) is 0 Å². The second-order valence-corrected chi connectivity index (χ2v) is 21.4. The van der Waals surface area contributed by atoms with Crippen LogP contribution in [0, 0.1) is 0 Å². The number of carbonyl (C=O) groups is 2. The van der Waals surface area contributed by atoms with Gasteiger partial charge < -0.3 is 20.3 Å². The molecule has 0 aromatic carbocycles. The van der Waals surface area contributed by atoms with Crippen molar-refractivity contribution in [2.45, 2.75) is 360 Å². The van der Waals surface area contributed by atoms with Crippen molar-refractivity contribution in [3.05, 3.63) is 12.2 Å². The van der Waals surface area contributed by atoms with Crippen LogP contribution in [0.3, 0.4) is 0 Å². The first kappa shape index (κ1) is 66.6. The SMILES string of the molecule is CCCCCCC/C=C\CCCCCCCC(=O)OCCCCCCCCCCCCCCCCCC(=O)NC(CO)C(O)CCCCCCCCCCCCCCCCCCCCCCCC. The summed E-state index contributed by atoms with van der Waals surface area (Å²) in [5, 5.41) is 23.4. The number of amides is 1. The smallest absolute Gasteiger partial charge is 0.305 e. The highest BCUT2D eigenvalue weighted by Gasteiger charge is 2.20. The molecule has 68 heavy (non-hydrogen) atoms. The summed E-state index contributed by atoms with van der Waals surface area (Å²) in [6.45, 7) is 4.95. The summed E-state index contributed by atoms with van der Waals surface area (Å²) in [6.07, 6.45) is 69.2. The van der Waals surface area contributed by atoms with Crippen LogP contribution >= 0.6 is 0 Å². The van der Waals surface area contributed by atoms with E-state index in [1.165, 1.54) is 263 Å². The second kappa shape index (κ2) is 58.2. The fraction of sp³-hybridized carbons (Fsp3) is 0.935. The molecule has 2 unspecified atom stereocenters. The van der Waals surface area contributed by atoms with Crippen molar-refractivity contribution in [1.29, 1.82) is 0 Å². The van der Waals surface area contributed by atoms with E-state index in [1.807, 2.05) is 0 Å². The molecule has 3 N–H and O–H groups in total. The van der Waals surface area contributed by atoms with Crippen LogP contribution < -0.4 is 5.32 Å². The Morgan fingerprint density at radius 1 is 0.397 bits per heavy atom. The molecule has 0 spiro atoms. The minimum atomic E-state index is -0.671. The third-order valence-electron chi connectivity index (χ3n) is 14.6. The highest BCUT2D eigenvalue weighted by atomic mass is 16.5. The van der Waals surface area contributed by atoms with Crippen molar-refractivity contribution in [2.75, 3.05) is 13.2 Å². The van der Waals surface area contributed by atoms with Crippen molar-refractivity contribution >= 4 is 11.9 Å². The van der Waals surface area contributed by atoms with Gasteiger partial charge in [0, 0.05) is 12.8 Å². The molecule has 0 rings (SSSR count). The Labute approximate surface area is 425 Å². The Balaban J connectivity index is 3.43. The van der Waals surface area contributed by atoms with E-state index in [0.29, 0.717) is 25.9 Å². The van der Waals surface area contributed by atoms with Crippen molar-refractivity contribution in [2.24, 2.45) is 0 Å². The van der Waals surface area contributed by atoms with E-state index in [-0.39, 0.29) is 18.5 Å². The van der Waals surface area contributed by atoms with Gasteiger partial charge in [0.25, 0.3) is 0 Å². The van der Waals surface area contributed by atoms with E-state index in [0.717, 1.165) is 51.4 Å². The molecule has 1 amide bonds. The maximum atomic E-state index is 12.5. The molecule has 0 saturated heterocycles. The normalized spacial score (nSPS) is 12.6. The molecule has 0 bridgehead atoms. The van der Waals surface area contributed by atoms with Crippen LogP contribution in [0.1, 0.15) is 348 Å². The van der Waals surface area contributed by atoms with E-state index in [2.05, 4.69) is 31.3 Å². The molecular weight excluding hydrogens is 839 g/mol. The molecule has 0 aliphatic carbocycles. The molecule has 0 radical (unpaired) electrons. The van der Waals surface area contributed by atoms with Crippen LogP contribution in [0.15, 0.2) is 12.2 Å². The topological polar surface area (TPSA) is 95.9 Å². The van der Waals surface area contributed by atoms with Gasteiger partial charge in [0.15, 0.2) is 0 Å². The van der Waals surface area contributed by atoms with Crippen LogP contribution in [-0.4, -0.2) is 47.4 Å². The van der Waals surface area contributed by atoms with E-state index in [4.69, 9.17) is 4.74 Å². The first-order chi connectivity index (χ1) is 33.5. The molecule has 0 aliphatic rings. The van der Waals surface area contributed by atoms with Crippen LogP contribution in [0.25, 0.3) is 0 Å². The van der Waals surface area contributed by atoms with Crippen molar-refractivity contribution in [3.63, 3.8) is 0 Å². The molecule has 0 fully saturated rings. The Morgan fingerprint density at radius 2 is 0.691 bits per heavy atom. The zero-order valence-electron chi connectivity index (χ0n) is 46.1. The van der Waals surface area contributed by atoms with Crippen LogP contribution in [0.5, 0.6) is 0 Å². The summed E-state index contributed by atoms with van der Waals surface area (Å²) < 4.78 is 5.47. The standard InChI is InChI=1S/C62H121NO5/c1-3-5-7-9-11-13-15-17-19-20-21-22-23-24-25-27-30-34-38-42-46-50-54-60(65)59(58-64)63-61(66)55-51-47-43-39-35-31-28-26-29-33-37-41-45-49-53-57-68-62(67)56-52-48-44-40-36-32-18-16-14-12-10-8-6-4-2/h16,18,59-60,64-65H,3-15,17,19-58H2,1-2H3,(H,63,66)/b18-16-. The summed E-state index contributed by atoms with van der Waals surface area (Å²) in [5.41, 5.74) is 0. The van der Waals surface area contributed by atoms with Gasteiger partial charge in [0.2, 0.25) is 5.91 Å². The molecule has 0 aliphatic heterocycles. The molecule has 404 valence electrons. The van der Waals surface area contributed by atoms with Gasteiger partial charge in [-0.05, 0) is 51.4 Å². The number of esters is 1. The lowest BCUT2D eigenvalue weighted by Gasteiger charge is -2.22.